The van der Waals surface area contributed by atoms with Crippen molar-refractivity contribution < 1.29 is 0 Å². The molecule has 0 heterocycles. The molecule has 0 atom stereocenters. The standard InChI is InChI=1S/C10H12B/c1-4-7-8-9-10(5-2)11-6-3/h4-9H,1-3H2/b8-7-,10-9+. The molecule has 0 aliphatic heterocycles. The third-order valence-electron chi connectivity index (χ3n) is 1.08. The molecule has 0 aliphatic carbocycles. The first kappa shape index (κ1) is 9.76. The van der Waals surface area contributed by atoms with E-state index in [1.807, 2.05) is 25.5 Å². The topological polar surface area (TPSA) is 0 Å². The van der Waals surface area contributed by atoms with E-state index in [-0.39, 0.29) is 0 Å². The van der Waals surface area contributed by atoms with Gasteiger partial charge in [-0.25, -0.2) is 0 Å². The van der Waals surface area contributed by atoms with E-state index in [9.17, 15) is 0 Å². The molecule has 0 nitrogen and oxygen atoms in total. The Bertz CT molecular complexity index is 197. The molecule has 0 unspecified atom stereocenters. The van der Waals surface area contributed by atoms with Gasteiger partial charge in [0.05, 0.1) is 0 Å². The molecule has 0 aromatic heterocycles. The lowest BCUT2D eigenvalue weighted by Gasteiger charge is -1.89. The molecule has 0 spiro atoms. The van der Waals surface area contributed by atoms with Crippen LogP contribution in [0.25, 0.3) is 0 Å². The lowest BCUT2D eigenvalue weighted by molar-refractivity contribution is 1.84. The normalized spacial score (nSPS) is 11.1. The quantitative estimate of drug-likeness (QED) is 0.410. The van der Waals surface area contributed by atoms with Crippen molar-refractivity contribution in [2.45, 2.75) is 0 Å². The molecule has 0 saturated carbocycles. The summed E-state index contributed by atoms with van der Waals surface area (Å²) in [4.78, 5) is 0. The van der Waals surface area contributed by atoms with Crippen LogP contribution in [-0.2, 0) is 0 Å². The van der Waals surface area contributed by atoms with E-state index < -0.39 is 0 Å². The zero-order valence-corrected chi connectivity index (χ0v) is 6.66. The van der Waals surface area contributed by atoms with Crippen molar-refractivity contribution in [3.05, 3.63) is 61.6 Å². The molecule has 0 amide bonds. The first-order valence-corrected chi connectivity index (χ1v) is 3.42. The highest BCUT2D eigenvalue weighted by Gasteiger charge is 1.85. The smallest absolute Gasteiger partial charge is 0.123 e. The van der Waals surface area contributed by atoms with Gasteiger partial charge in [0.2, 0.25) is 0 Å². The third-order valence-corrected chi connectivity index (χ3v) is 1.08. The van der Waals surface area contributed by atoms with E-state index in [0.29, 0.717) is 0 Å². The van der Waals surface area contributed by atoms with Gasteiger partial charge >= 0.3 is 0 Å². The molecule has 0 rings (SSSR count). The molecule has 55 valence electrons. The second-order valence-electron chi connectivity index (χ2n) is 1.89. The van der Waals surface area contributed by atoms with Gasteiger partial charge in [-0.2, -0.15) is 0 Å². The van der Waals surface area contributed by atoms with Crippen molar-refractivity contribution in [2.75, 3.05) is 0 Å². The van der Waals surface area contributed by atoms with E-state index in [0.717, 1.165) is 5.47 Å². The van der Waals surface area contributed by atoms with Crippen LogP contribution in [-0.4, -0.2) is 7.28 Å². The van der Waals surface area contributed by atoms with Crippen LogP contribution in [0.3, 0.4) is 0 Å². The van der Waals surface area contributed by atoms with Crippen LogP contribution in [0, 0.1) is 0 Å². The highest BCUT2D eigenvalue weighted by atomic mass is 13.7. The lowest BCUT2D eigenvalue weighted by atomic mass is 9.70. The minimum Gasteiger partial charge on any atom is -0.123 e. The van der Waals surface area contributed by atoms with E-state index in [1.54, 1.807) is 18.1 Å². The molecule has 0 saturated heterocycles. The van der Waals surface area contributed by atoms with Crippen LogP contribution in [0.15, 0.2) is 61.6 Å². The fraction of sp³-hybridized carbons (Fsp3) is 0. The highest BCUT2D eigenvalue weighted by Crippen LogP contribution is 1.93. The van der Waals surface area contributed by atoms with Crippen LogP contribution >= 0.6 is 0 Å². The Hall–Kier alpha value is -1.24. The number of hydrogen-bond donors (Lipinski definition) is 0. The summed E-state index contributed by atoms with van der Waals surface area (Å²) in [5.74, 6) is 1.73. The van der Waals surface area contributed by atoms with Gasteiger partial charge in [-0.15, -0.1) is 12.6 Å². The van der Waals surface area contributed by atoms with Crippen molar-refractivity contribution in [3.63, 3.8) is 0 Å². The minimum atomic E-state index is 1.04. The van der Waals surface area contributed by atoms with Gasteiger partial charge < -0.3 is 0 Å². The fourth-order valence-electron chi connectivity index (χ4n) is 0.573. The van der Waals surface area contributed by atoms with Gasteiger partial charge in [0, 0.05) is 0 Å². The van der Waals surface area contributed by atoms with E-state index in [2.05, 4.69) is 19.7 Å². The Morgan fingerprint density at radius 3 is 2.27 bits per heavy atom. The van der Waals surface area contributed by atoms with Gasteiger partial charge in [-0.1, -0.05) is 49.0 Å². The molecule has 0 aliphatic rings. The van der Waals surface area contributed by atoms with E-state index in [4.69, 9.17) is 0 Å². The predicted molar refractivity (Wildman–Crippen MR) is 53.6 cm³/mol. The first-order chi connectivity index (χ1) is 5.35. The number of rotatable bonds is 5. The van der Waals surface area contributed by atoms with Crippen molar-refractivity contribution in [1.29, 1.82) is 0 Å². The number of allylic oxidation sites excluding steroid dienone is 6. The SMILES string of the molecule is C=C[B]/C(C=C)=C/C=C\C=C. The van der Waals surface area contributed by atoms with Crippen LogP contribution in [0.2, 0.25) is 0 Å². The van der Waals surface area contributed by atoms with Crippen molar-refractivity contribution in [3.8, 4) is 0 Å². The van der Waals surface area contributed by atoms with Crippen molar-refractivity contribution in [1.82, 2.24) is 0 Å². The van der Waals surface area contributed by atoms with E-state index in [1.165, 1.54) is 0 Å². The molecule has 0 fully saturated rings. The van der Waals surface area contributed by atoms with Gasteiger partial charge in [0.15, 0.2) is 7.28 Å². The summed E-state index contributed by atoms with van der Waals surface area (Å²) in [6, 6.07) is 0. The second kappa shape index (κ2) is 6.88. The average molecular weight is 143 g/mol. The van der Waals surface area contributed by atoms with Crippen LogP contribution < -0.4 is 0 Å². The Balaban J connectivity index is 4.09. The van der Waals surface area contributed by atoms with Gasteiger partial charge in [0.1, 0.15) is 0 Å². The second-order valence-corrected chi connectivity index (χ2v) is 1.89. The molecular weight excluding hydrogens is 131 g/mol. The average Bonchev–Trinajstić information content (AvgIpc) is 2.03. The summed E-state index contributed by atoms with van der Waals surface area (Å²) < 4.78 is 0. The summed E-state index contributed by atoms with van der Waals surface area (Å²) >= 11 is 0. The molecule has 11 heavy (non-hydrogen) atoms. The molecule has 1 heteroatoms. The highest BCUT2D eigenvalue weighted by molar-refractivity contribution is 6.51. The maximum Gasteiger partial charge on any atom is 0.180 e. The third kappa shape index (κ3) is 5.22. The van der Waals surface area contributed by atoms with Gasteiger partial charge in [-0.3, -0.25) is 0 Å². The van der Waals surface area contributed by atoms with Crippen LogP contribution in [0.5, 0.6) is 0 Å². The van der Waals surface area contributed by atoms with Gasteiger partial charge in [-0.05, 0) is 0 Å². The lowest BCUT2D eigenvalue weighted by Crippen LogP contribution is -1.86. The van der Waals surface area contributed by atoms with Crippen LogP contribution in [0.4, 0.5) is 0 Å². The predicted octanol–water partition coefficient (Wildman–Crippen LogP) is 2.65. The molecule has 0 aromatic rings. The maximum atomic E-state index is 3.65. The minimum absolute atomic E-state index is 1.04. The Labute approximate surface area is 69.6 Å². The largest absolute Gasteiger partial charge is 0.180 e. The maximum absolute atomic E-state index is 3.65. The monoisotopic (exact) mass is 143 g/mol. The number of hydrogen-bond acceptors (Lipinski definition) is 0. The summed E-state index contributed by atoms with van der Waals surface area (Å²) in [5.41, 5.74) is 1.04. The Kier molecular flexibility index (Phi) is 6.11. The Morgan fingerprint density at radius 1 is 1.09 bits per heavy atom. The molecule has 0 bridgehead atoms. The zero-order chi connectivity index (χ0) is 8.53. The summed E-state index contributed by atoms with van der Waals surface area (Å²) in [6.45, 7) is 10.8. The summed E-state index contributed by atoms with van der Waals surface area (Å²) in [5, 5.41) is 0. The zero-order valence-electron chi connectivity index (χ0n) is 6.66. The molecule has 1 radical (unpaired) electrons. The van der Waals surface area contributed by atoms with Crippen molar-refractivity contribution >= 4 is 7.28 Å². The molecule has 0 N–H and O–H groups in total. The van der Waals surface area contributed by atoms with Crippen molar-refractivity contribution in [2.24, 2.45) is 0 Å². The summed E-state index contributed by atoms with van der Waals surface area (Å²) in [7, 11) is 1.89. The summed E-state index contributed by atoms with van der Waals surface area (Å²) in [6.07, 6.45) is 9.21. The molecular formula is C10H12B. The Morgan fingerprint density at radius 2 is 1.82 bits per heavy atom. The first-order valence-electron chi connectivity index (χ1n) is 3.42. The fourth-order valence-corrected chi connectivity index (χ4v) is 0.573. The van der Waals surface area contributed by atoms with E-state index >= 15 is 0 Å². The van der Waals surface area contributed by atoms with Crippen LogP contribution in [0.1, 0.15) is 0 Å². The van der Waals surface area contributed by atoms with Gasteiger partial charge in [0.25, 0.3) is 0 Å². The molecule has 0 aromatic carbocycles.